The second-order valence-electron chi connectivity index (χ2n) is 4.07. The second kappa shape index (κ2) is 9.06. The molecule has 0 aliphatic carbocycles. The molecule has 6 heteroatoms. The number of hydrogen-bond acceptors (Lipinski definition) is 5. The minimum Gasteiger partial charge on any atom is -0.449 e. The average Bonchev–Trinajstić information content (AvgIpc) is 2.47. The fourth-order valence-corrected chi connectivity index (χ4v) is 1.43. The highest BCUT2D eigenvalue weighted by Crippen LogP contribution is 1.99. The number of rotatable bonds is 7. The molecule has 0 aliphatic heterocycles. The van der Waals surface area contributed by atoms with Crippen LogP contribution in [0.4, 0.5) is 4.79 Å². The first-order chi connectivity index (χ1) is 9.65. The Hall–Kier alpha value is -1.92. The lowest BCUT2D eigenvalue weighted by atomic mass is 10.2. The molecule has 1 N–H and O–H groups in total. The van der Waals surface area contributed by atoms with E-state index in [1.807, 2.05) is 30.3 Å². The minimum absolute atomic E-state index is 0.157. The maximum atomic E-state index is 11.6. The van der Waals surface area contributed by atoms with Gasteiger partial charge in [0.1, 0.15) is 0 Å². The highest BCUT2D eigenvalue weighted by Gasteiger charge is 2.16. The lowest BCUT2D eigenvalue weighted by Crippen LogP contribution is -2.35. The number of hydroxylamine groups is 1. The van der Waals surface area contributed by atoms with E-state index in [-0.39, 0.29) is 18.9 Å². The van der Waals surface area contributed by atoms with Gasteiger partial charge in [-0.25, -0.2) is 10.3 Å². The van der Waals surface area contributed by atoms with Crippen LogP contribution in [0.5, 0.6) is 0 Å². The van der Waals surface area contributed by atoms with Crippen molar-refractivity contribution >= 4 is 12.0 Å². The Kier molecular flexibility index (Phi) is 7.31. The van der Waals surface area contributed by atoms with E-state index in [9.17, 15) is 9.59 Å². The monoisotopic (exact) mass is 280 g/mol. The molecule has 1 aromatic rings. The molecule has 0 atom stereocenters. The number of carbonyl (C=O) groups excluding carboxylic acids is 2. The average molecular weight is 280 g/mol. The number of imide groups is 1. The molecule has 0 radical (unpaired) electrons. The van der Waals surface area contributed by atoms with Crippen molar-refractivity contribution in [3.63, 3.8) is 0 Å². The molecule has 110 valence electrons. The largest absolute Gasteiger partial charge is 0.449 e. The van der Waals surface area contributed by atoms with Gasteiger partial charge in [-0.05, 0) is 12.5 Å². The molecule has 1 rings (SSSR count). The number of nitrogens with zero attached hydrogens (tertiary/aromatic N) is 1. The smallest absolute Gasteiger partial charge is 0.416 e. The van der Waals surface area contributed by atoms with Crippen molar-refractivity contribution in [3.05, 3.63) is 35.9 Å². The van der Waals surface area contributed by atoms with Crippen LogP contribution in [-0.4, -0.2) is 37.1 Å². The quantitative estimate of drug-likeness (QED) is 0.608. The standard InChI is InChI=1S/C14H20N2O4/c1-3-19-14(18)16(2)13(17)9-10-15-20-11-12-7-5-4-6-8-12/h4-8,15H,3,9-11H2,1-2H3. The molecule has 0 unspecified atom stereocenters. The van der Waals surface area contributed by atoms with Crippen LogP contribution in [-0.2, 0) is 21.0 Å². The molecule has 2 amide bonds. The van der Waals surface area contributed by atoms with Crippen LogP contribution in [0.1, 0.15) is 18.9 Å². The summed E-state index contributed by atoms with van der Waals surface area (Å²) in [5, 5.41) is 0. The van der Waals surface area contributed by atoms with Gasteiger partial charge in [0.05, 0.1) is 13.2 Å². The molecule has 0 bridgehead atoms. The van der Waals surface area contributed by atoms with Crippen LogP contribution in [0.25, 0.3) is 0 Å². The van der Waals surface area contributed by atoms with E-state index in [1.54, 1.807) is 6.92 Å². The molecule has 1 aromatic carbocycles. The maximum Gasteiger partial charge on any atom is 0.416 e. The number of ether oxygens (including phenoxy) is 1. The van der Waals surface area contributed by atoms with Crippen molar-refractivity contribution in [2.24, 2.45) is 0 Å². The number of carbonyl (C=O) groups is 2. The topological polar surface area (TPSA) is 67.9 Å². The highest BCUT2D eigenvalue weighted by molar-refractivity contribution is 5.91. The van der Waals surface area contributed by atoms with E-state index in [0.717, 1.165) is 10.5 Å². The van der Waals surface area contributed by atoms with Gasteiger partial charge >= 0.3 is 6.09 Å². The van der Waals surface area contributed by atoms with Crippen molar-refractivity contribution in [2.45, 2.75) is 20.0 Å². The summed E-state index contributed by atoms with van der Waals surface area (Å²) in [5.74, 6) is -0.320. The normalized spacial score (nSPS) is 10.1. The zero-order valence-corrected chi connectivity index (χ0v) is 11.8. The molecule has 0 aromatic heterocycles. The van der Waals surface area contributed by atoms with Crippen LogP contribution in [0.2, 0.25) is 0 Å². The van der Waals surface area contributed by atoms with Crippen molar-refractivity contribution in [3.8, 4) is 0 Å². The first kappa shape index (κ1) is 16.1. The second-order valence-corrected chi connectivity index (χ2v) is 4.07. The third-order valence-electron chi connectivity index (χ3n) is 2.54. The Bertz CT molecular complexity index is 422. The third kappa shape index (κ3) is 5.81. The van der Waals surface area contributed by atoms with E-state index < -0.39 is 6.09 Å². The van der Waals surface area contributed by atoms with E-state index in [2.05, 4.69) is 5.48 Å². The molecular formula is C14H20N2O4. The van der Waals surface area contributed by atoms with Gasteiger partial charge in [-0.15, -0.1) is 0 Å². The number of benzene rings is 1. The molecule has 0 saturated carbocycles. The summed E-state index contributed by atoms with van der Waals surface area (Å²) in [7, 11) is 1.39. The van der Waals surface area contributed by atoms with Gasteiger partial charge in [-0.2, -0.15) is 0 Å². The van der Waals surface area contributed by atoms with E-state index in [4.69, 9.17) is 9.57 Å². The number of nitrogens with one attached hydrogen (secondary N) is 1. The predicted octanol–water partition coefficient (Wildman–Crippen LogP) is 1.71. The van der Waals surface area contributed by atoms with Gasteiger partial charge in [-0.3, -0.25) is 14.5 Å². The molecule has 0 saturated heterocycles. The molecule has 20 heavy (non-hydrogen) atoms. The molecule has 6 nitrogen and oxygen atoms in total. The summed E-state index contributed by atoms with van der Waals surface area (Å²) < 4.78 is 4.72. The highest BCUT2D eigenvalue weighted by atomic mass is 16.6. The lowest BCUT2D eigenvalue weighted by molar-refractivity contribution is -0.128. The third-order valence-corrected chi connectivity index (χ3v) is 2.54. The fraction of sp³-hybridized carbons (Fsp3) is 0.429. The minimum atomic E-state index is -0.636. The summed E-state index contributed by atoms with van der Waals surface area (Å²) >= 11 is 0. The van der Waals surface area contributed by atoms with Crippen LogP contribution >= 0.6 is 0 Å². The van der Waals surface area contributed by atoms with E-state index >= 15 is 0 Å². The Morgan fingerprint density at radius 3 is 2.60 bits per heavy atom. The van der Waals surface area contributed by atoms with Crippen LogP contribution in [0, 0.1) is 0 Å². The van der Waals surface area contributed by atoms with Crippen molar-refractivity contribution in [2.75, 3.05) is 20.2 Å². The van der Waals surface area contributed by atoms with E-state index in [0.29, 0.717) is 13.2 Å². The summed E-state index contributed by atoms with van der Waals surface area (Å²) in [6.45, 7) is 2.68. The predicted molar refractivity (Wildman–Crippen MR) is 73.6 cm³/mol. The summed E-state index contributed by atoms with van der Waals surface area (Å²) in [4.78, 5) is 29.1. The van der Waals surface area contributed by atoms with Gasteiger partial charge < -0.3 is 4.74 Å². The number of amides is 2. The SMILES string of the molecule is CCOC(=O)N(C)C(=O)CCNOCc1ccccc1. The van der Waals surface area contributed by atoms with Crippen molar-refractivity contribution in [1.82, 2.24) is 10.4 Å². The van der Waals surface area contributed by atoms with E-state index in [1.165, 1.54) is 7.05 Å². The van der Waals surface area contributed by atoms with Gasteiger partial charge in [0, 0.05) is 20.0 Å². The zero-order valence-electron chi connectivity index (χ0n) is 11.8. The molecule has 0 heterocycles. The van der Waals surface area contributed by atoms with Gasteiger partial charge in [0.15, 0.2) is 0 Å². The van der Waals surface area contributed by atoms with Gasteiger partial charge in [-0.1, -0.05) is 30.3 Å². The van der Waals surface area contributed by atoms with Crippen LogP contribution in [0.3, 0.4) is 0 Å². The van der Waals surface area contributed by atoms with Gasteiger partial charge in [0.2, 0.25) is 5.91 Å². The summed E-state index contributed by atoms with van der Waals surface area (Å²) in [6.07, 6.45) is -0.480. The van der Waals surface area contributed by atoms with Crippen LogP contribution in [0.15, 0.2) is 30.3 Å². The Balaban J connectivity index is 2.14. The molecule has 0 fully saturated rings. The lowest BCUT2D eigenvalue weighted by Gasteiger charge is -2.14. The Morgan fingerprint density at radius 1 is 1.25 bits per heavy atom. The summed E-state index contributed by atoms with van der Waals surface area (Å²) in [6, 6.07) is 9.68. The number of hydrogen-bond donors (Lipinski definition) is 1. The van der Waals surface area contributed by atoms with Gasteiger partial charge in [0.25, 0.3) is 0 Å². The fourth-order valence-electron chi connectivity index (χ4n) is 1.43. The molecule has 0 spiro atoms. The van der Waals surface area contributed by atoms with Crippen molar-refractivity contribution in [1.29, 1.82) is 0 Å². The van der Waals surface area contributed by atoms with Crippen LogP contribution < -0.4 is 5.48 Å². The first-order valence-corrected chi connectivity index (χ1v) is 6.47. The zero-order chi connectivity index (χ0) is 14.8. The maximum absolute atomic E-state index is 11.6. The first-order valence-electron chi connectivity index (χ1n) is 6.47. The summed E-state index contributed by atoms with van der Waals surface area (Å²) in [5.41, 5.74) is 3.73. The molecule has 0 aliphatic rings. The van der Waals surface area contributed by atoms with Crippen molar-refractivity contribution < 1.29 is 19.2 Å². The Labute approximate surface area is 118 Å². The Morgan fingerprint density at radius 2 is 1.95 bits per heavy atom. The molecular weight excluding hydrogens is 260 g/mol.